The lowest BCUT2D eigenvalue weighted by atomic mass is 10.4. The molecule has 1 radical (unpaired) electrons. The molecule has 0 amide bonds. The van der Waals surface area contributed by atoms with E-state index >= 15 is 0 Å². The Hall–Kier alpha value is -1.32. The van der Waals surface area contributed by atoms with E-state index in [0.717, 1.165) is 4.57 Å². The van der Waals surface area contributed by atoms with Crippen LogP contribution in [0.2, 0.25) is 0 Å². The molecule has 0 unspecified atom stereocenters. The molecule has 59 valence electrons. The molecule has 11 heavy (non-hydrogen) atoms. The average molecular weight is 153 g/mol. The molecule has 0 saturated heterocycles. The molecule has 0 aromatic carbocycles. The van der Waals surface area contributed by atoms with Gasteiger partial charge in [0.2, 0.25) is 0 Å². The van der Waals surface area contributed by atoms with E-state index in [4.69, 9.17) is 0 Å². The summed E-state index contributed by atoms with van der Waals surface area (Å²) < 4.78 is 2.40. The van der Waals surface area contributed by atoms with Crippen molar-refractivity contribution < 1.29 is 0 Å². The highest BCUT2D eigenvalue weighted by molar-refractivity contribution is 4.96. The van der Waals surface area contributed by atoms with Gasteiger partial charge in [0.25, 0.3) is 5.56 Å². The Morgan fingerprint density at radius 1 is 1.18 bits per heavy atom. The number of hydrogen-bond acceptors (Lipinski definition) is 2. The highest BCUT2D eigenvalue weighted by Crippen LogP contribution is 1.81. The molecule has 0 aliphatic rings. The molecule has 1 aromatic rings. The van der Waals surface area contributed by atoms with Crippen LogP contribution in [0.1, 0.15) is 5.69 Å². The summed E-state index contributed by atoms with van der Waals surface area (Å²) in [5, 5.41) is 0. The van der Waals surface area contributed by atoms with Gasteiger partial charge in [-0.05, 0) is 6.92 Å². The molecule has 4 heteroatoms. The van der Waals surface area contributed by atoms with E-state index in [1.807, 2.05) is 0 Å². The first-order valence-electron chi connectivity index (χ1n) is 3.20. The fourth-order valence-electron chi connectivity index (χ4n) is 0.778. The van der Waals surface area contributed by atoms with Crippen LogP contribution >= 0.6 is 0 Å². The molecule has 0 spiro atoms. The van der Waals surface area contributed by atoms with Crippen LogP contribution in [0.15, 0.2) is 9.59 Å². The van der Waals surface area contributed by atoms with Gasteiger partial charge in [-0.15, -0.1) is 0 Å². The lowest BCUT2D eigenvalue weighted by Gasteiger charge is -2.02. The van der Waals surface area contributed by atoms with Crippen LogP contribution in [0.5, 0.6) is 0 Å². The van der Waals surface area contributed by atoms with Crippen LogP contribution in [-0.4, -0.2) is 9.13 Å². The maximum Gasteiger partial charge on any atom is 0.330 e. The predicted molar refractivity (Wildman–Crippen MR) is 40.5 cm³/mol. The second kappa shape index (κ2) is 2.38. The average Bonchev–Trinajstić information content (AvgIpc) is 1.97. The first-order chi connectivity index (χ1) is 5.04. The standard InChI is InChI=1S/C7H9N2O2/c1-5-4-6(10)9(3)7(11)8(5)2/h1-3H3. The number of aryl methyl sites for hydroxylation is 1. The van der Waals surface area contributed by atoms with Gasteiger partial charge in [-0.3, -0.25) is 9.36 Å². The summed E-state index contributed by atoms with van der Waals surface area (Å²) in [5.74, 6) is 0. The molecule has 1 aromatic heterocycles. The van der Waals surface area contributed by atoms with Crippen molar-refractivity contribution in [2.75, 3.05) is 0 Å². The Kier molecular flexibility index (Phi) is 1.68. The van der Waals surface area contributed by atoms with E-state index in [-0.39, 0.29) is 11.2 Å². The molecule has 1 rings (SSSR count). The lowest BCUT2D eigenvalue weighted by molar-refractivity contribution is 0.665. The number of rotatable bonds is 0. The second-order valence-corrected chi connectivity index (χ2v) is 2.42. The van der Waals surface area contributed by atoms with E-state index in [9.17, 15) is 9.59 Å². The van der Waals surface area contributed by atoms with E-state index in [1.54, 1.807) is 14.0 Å². The Bertz CT molecular complexity index is 386. The smallest absolute Gasteiger partial charge is 0.300 e. The monoisotopic (exact) mass is 153 g/mol. The third kappa shape index (κ3) is 1.11. The molecular formula is C7H9N2O2. The molecule has 0 saturated carbocycles. The second-order valence-electron chi connectivity index (χ2n) is 2.42. The predicted octanol–water partition coefficient (Wildman–Crippen LogP) is -0.807. The Labute approximate surface area is 63.7 Å². The van der Waals surface area contributed by atoms with Gasteiger partial charge in [0.15, 0.2) is 0 Å². The van der Waals surface area contributed by atoms with Crippen molar-refractivity contribution in [2.45, 2.75) is 6.92 Å². The van der Waals surface area contributed by atoms with Crippen LogP contribution in [-0.2, 0) is 14.1 Å². The van der Waals surface area contributed by atoms with E-state index in [1.165, 1.54) is 11.6 Å². The van der Waals surface area contributed by atoms with E-state index in [0.29, 0.717) is 5.69 Å². The van der Waals surface area contributed by atoms with Crippen molar-refractivity contribution in [1.29, 1.82) is 0 Å². The van der Waals surface area contributed by atoms with Crippen molar-refractivity contribution in [3.63, 3.8) is 0 Å². The fraction of sp³-hybridized carbons (Fsp3) is 0.429. The molecule has 0 aliphatic carbocycles. The summed E-state index contributed by atoms with van der Waals surface area (Å²) in [6, 6.07) is 2.52. The maximum absolute atomic E-state index is 11.1. The fourth-order valence-corrected chi connectivity index (χ4v) is 0.778. The highest BCUT2D eigenvalue weighted by atomic mass is 16.2. The lowest BCUT2D eigenvalue weighted by Crippen LogP contribution is -2.37. The minimum absolute atomic E-state index is 0.314. The zero-order valence-corrected chi connectivity index (χ0v) is 6.71. The highest BCUT2D eigenvalue weighted by Gasteiger charge is 2.00. The van der Waals surface area contributed by atoms with Crippen LogP contribution in [0.3, 0.4) is 0 Å². The zero-order chi connectivity index (χ0) is 8.59. The van der Waals surface area contributed by atoms with Gasteiger partial charge in [0.1, 0.15) is 0 Å². The summed E-state index contributed by atoms with van der Waals surface area (Å²) in [5.41, 5.74) is -0.144. The van der Waals surface area contributed by atoms with E-state index < -0.39 is 0 Å². The van der Waals surface area contributed by atoms with Crippen LogP contribution in [0.25, 0.3) is 0 Å². The third-order valence-electron chi connectivity index (χ3n) is 1.67. The molecule has 4 nitrogen and oxygen atoms in total. The molecule has 0 bridgehead atoms. The van der Waals surface area contributed by atoms with Crippen molar-refractivity contribution in [3.8, 4) is 0 Å². The van der Waals surface area contributed by atoms with Gasteiger partial charge in [-0.25, -0.2) is 4.79 Å². The van der Waals surface area contributed by atoms with Crippen LogP contribution in [0, 0.1) is 13.0 Å². The summed E-state index contributed by atoms with van der Waals surface area (Å²) in [7, 11) is 3.04. The van der Waals surface area contributed by atoms with Crippen LogP contribution < -0.4 is 11.2 Å². The van der Waals surface area contributed by atoms with Crippen molar-refractivity contribution in [2.24, 2.45) is 14.1 Å². The zero-order valence-electron chi connectivity index (χ0n) is 6.71. The Morgan fingerprint density at radius 2 is 1.73 bits per heavy atom. The Morgan fingerprint density at radius 3 is 2.27 bits per heavy atom. The first-order valence-corrected chi connectivity index (χ1v) is 3.20. The summed E-state index contributed by atoms with van der Waals surface area (Å²) in [6.45, 7) is 1.67. The third-order valence-corrected chi connectivity index (χ3v) is 1.67. The van der Waals surface area contributed by atoms with Gasteiger partial charge in [-0.1, -0.05) is 0 Å². The van der Waals surface area contributed by atoms with Gasteiger partial charge in [0.05, 0.1) is 6.07 Å². The number of hydrogen-bond donors (Lipinski definition) is 0. The maximum atomic E-state index is 11.1. The normalized spacial score (nSPS) is 10.1. The van der Waals surface area contributed by atoms with Crippen LogP contribution in [0.4, 0.5) is 0 Å². The van der Waals surface area contributed by atoms with Crippen molar-refractivity contribution >= 4 is 0 Å². The number of aromatic nitrogens is 2. The van der Waals surface area contributed by atoms with Gasteiger partial charge in [0, 0.05) is 19.8 Å². The molecule has 0 fully saturated rings. The molecule has 0 N–H and O–H groups in total. The minimum atomic E-state index is -0.384. The summed E-state index contributed by atoms with van der Waals surface area (Å²) in [6.07, 6.45) is 0. The van der Waals surface area contributed by atoms with Crippen molar-refractivity contribution in [1.82, 2.24) is 9.13 Å². The quantitative estimate of drug-likeness (QED) is 0.489. The molecule has 1 heterocycles. The number of nitrogens with zero attached hydrogens (tertiary/aromatic N) is 2. The topological polar surface area (TPSA) is 44.0 Å². The summed E-state index contributed by atoms with van der Waals surface area (Å²) in [4.78, 5) is 22.0. The SMILES string of the molecule is Cc1[c]c(=O)n(C)c(=O)n1C. The van der Waals surface area contributed by atoms with Gasteiger partial charge < -0.3 is 4.57 Å². The molecular weight excluding hydrogens is 144 g/mol. The Balaban J connectivity index is 3.74. The first kappa shape index (κ1) is 7.78. The minimum Gasteiger partial charge on any atom is -0.300 e. The van der Waals surface area contributed by atoms with E-state index in [2.05, 4.69) is 6.07 Å². The van der Waals surface area contributed by atoms with Crippen molar-refractivity contribution in [3.05, 3.63) is 32.6 Å². The largest absolute Gasteiger partial charge is 0.330 e. The molecule has 0 atom stereocenters. The summed E-state index contributed by atoms with van der Waals surface area (Å²) >= 11 is 0. The van der Waals surface area contributed by atoms with Gasteiger partial charge in [-0.2, -0.15) is 0 Å². The van der Waals surface area contributed by atoms with Gasteiger partial charge >= 0.3 is 5.69 Å². The molecule has 0 aliphatic heterocycles.